The van der Waals surface area contributed by atoms with Crippen molar-refractivity contribution >= 4 is 11.8 Å². The van der Waals surface area contributed by atoms with Crippen molar-refractivity contribution in [3.8, 4) is 0 Å². The number of benzene rings is 1. The molecule has 1 aromatic heterocycles. The summed E-state index contributed by atoms with van der Waals surface area (Å²) in [4.78, 5) is 4.45. The molecule has 20 heavy (non-hydrogen) atoms. The minimum absolute atomic E-state index is 0.00250. The predicted molar refractivity (Wildman–Crippen MR) is 82.5 cm³/mol. The van der Waals surface area contributed by atoms with Gasteiger partial charge in [-0.25, -0.2) is 0 Å². The van der Waals surface area contributed by atoms with Gasteiger partial charge in [0.25, 0.3) is 0 Å². The Labute approximate surface area is 124 Å². The summed E-state index contributed by atoms with van der Waals surface area (Å²) in [5.74, 6) is 2.13. The van der Waals surface area contributed by atoms with Crippen molar-refractivity contribution in [2.45, 2.75) is 43.7 Å². The standard InChI is InChI=1S/C15H21N3OS/c1-10(2)20-9-13-17-15(19-18-13)11(3)14(16)12-7-5-4-6-8-12/h4-8,10-11,14H,9,16H2,1-3H3. The van der Waals surface area contributed by atoms with E-state index in [-0.39, 0.29) is 12.0 Å². The Kier molecular flexibility index (Phi) is 5.20. The first kappa shape index (κ1) is 15.1. The lowest BCUT2D eigenvalue weighted by Gasteiger charge is -2.16. The first-order valence-electron chi connectivity index (χ1n) is 6.82. The van der Waals surface area contributed by atoms with Crippen molar-refractivity contribution in [2.24, 2.45) is 5.73 Å². The summed E-state index contributed by atoms with van der Waals surface area (Å²) in [6.07, 6.45) is 0. The van der Waals surface area contributed by atoms with Crippen LogP contribution in [0.15, 0.2) is 34.9 Å². The Balaban J connectivity index is 2.04. The first-order chi connectivity index (χ1) is 9.58. The highest BCUT2D eigenvalue weighted by Crippen LogP contribution is 2.27. The molecule has 0 aliphatic rings. The van der Waals surface area contributed by atoms with E-state index in [4.69, 9.17) is 10.3 Å². The van der Waals surface area contributed by atoms with Crippen LogP contribution in [0.25, 0.3) is 0 Å². The molecule has 0 spiro atoms. The van der Waals surface area contributed by atoms with Crippen LogP contribution in [0.3, 0.4) is 0 Å². The molecule has 0 saturated heterocycles. The lowest BCUT2D eigenvalue weighted by molar-refractivity contribution is 0.341. The fourth-order valence-electron chi connectivity index (χ4n) is 1.87. The van der Waals surface area contributed by atoms with Gasteiger partial charge >= 0.3 is 0 Å². The van der Waals surface area contributed by atoms with Crippen LogP contribution in [-0.2, 0) is 5.75 Å². The molecule has 0 aliphatic carbocycles. The van der Waals surface area contributed by atoms with Gasteiger partial charge in [0, 0.05) is 6.04 Å². The van der Waals surface area contributed by atoms with Gasteiger partial charge in [-0.1, -0.05) is 56.3 Å². The van der Waals surface area contributed by atoms with Crippen LogP contribution < -0.4 is 5.73 Å². The number of nitrogens with zero attached hydrogens (tertiary/aromatic N) is 2. The molecular formula is C15H21N3OS. The Hall–Kier alpha value is -1.33. The van der Waals surface area contributed by atoms with E-state index in [1.54, 1.807) is 11.8 Å². The average Bonchev–Trinajstić information content (AvgIpc) is 2.93. The fourth-order valence-corrected chi connectivity index (χ4v) is 2.47. The molecule has 0 fully saturated rings. The Morgan fingerprint density at radius 2 is 1.90 bits per heavy atom. The maximum atomic E-state index is 6.27. The van der Waals surface area contributed by atoms with Gasteiger partial charge in [-0.15, -0.1) is 0 Å². The topological polar surface area (TPSA) is 64.9 Å². The van der Waals surface area contributed by atoms with Gasteiger partial charge < -0.3 is 10.3 Å². The second kappa shape index (κ2) is 6.90. The number of hydrogen-bond donors (Lipinski definition) is 1. The van der Waals surface area contributed by atoms with E-state index in [1.807, 2.05) is 37.3 Å². The first-order valence-corrected chi connectivity index (χ1v) is 7.87. The Bertz CT molecular complexity index is 527. The van der Waals surface area contributed by atoms with Gasteiger partial charge in [0.05, 0.1) is 11.7 Å². The molecule has 2 atom stereocenters. The molecule has 5 heteroatoms. The molecule has 0 radical (unpaired) electrons. The molecule has 0 aliphatic heterocycles. The van der Waals surface area contributed by atoms with E-state index in [0.29, 0.717) is 11.1 Å². The molecule has 0 saturated carbocycles. The summed E-state index contributed by atoms with van der Waals surface area (Å²) in [7, 11) is 0. The average molecular weight is 291 g/mol. The van der Waals surface area contributed by atoms with Crippen LogP contribution in [0.1, 0.15) is 50.0 Å². The van der Waals surface area contributed by atoms with Crippen LogP contribution in [0.2, 0.25) is 0 Å². The van der Waals surface area contributed by atoms with Crippen molar-refractivity contribution in [3.05, 3.63) is 47.6 Å². The molecule has 108 valence electrons. The van der Waals surface area contributed by atoms with Crippen LogP contribution in [0.4, 0.5) is 0 Å². The maximum Gasteiger partial charge on any atom is 0.231 e. The minimum Gasteiger partial charge on any atom is -0.339 e. The third-order valence-corrected chi connectivity index (χ3v) is 4.23. The van der Waals surface area contributed by atoms with Crippen molar-refractivity contribution < 1.29 is 4.52 Å². The van der Waals surface area contributed by atoms with Gasteiger partial charge in [-0.2, -0.15) is 16.7 Å². The number of thioether (sulfide) groups is 1. The summed E-state index contributed by atoms with van der Waals surface area (Å²) < 4.78 is 5.35. The smallest absolute Gasteiger partial charge is 0.231 e. The number of rotatable bonds is 6. The number of hydrogen-bond acceptors (Lipinski definition) is 5. The van der Waals surface area contributed by atoms with Crippen molar-refractivity contribution in [2.75, 3.05) is 0 Å². The molecule has 2 N–H and O–H groups in total. The molecule has 1 heterocycles. The lowest BCUT2D eigenvalue weighted by Crippen LogP contribution is -2.17. The van der Waals surface area contributed by atoms with E-state index in [0.717, 1.165) is 17.1 Å². The van der Waals surface area contributed by atoms with Crippen molar-refractivity contribution in [3.63, 3.8) is 0 Å². The Morgan fingerprint density at radius 3 is 2.55 bits per heavy atom. The van der Waals surface area contributed by atoms with Gasteiger partial charge in [0.15, 0.2) is 5.82 Å². The van der Waals surface area contributed by atoms with E-state index >= 15 is 0 Å². The largest absolute Gasteiger partial charge is 0.339 e. The van der Waals surface area contributed by atoms with Gasteiger partial charge in [0.1, 0.15) is 0 Å². The predicted octanol–water partition coefficient (Wildman–Crippen LogP) is 3.51. The maximum absolute atomic E-state index is 6.27. The normalized spacial score (nSPS) is 14.4. The zero-order valence-corrected chi connectivity index (χ0v) is 12.9. The highest BCUT2D eigenvalue weighted by atomic mass is 32.2. The van der Waals surface area contributed by atoms with E-state index in [1.165, 1.54) is 0 Å². The molecule has 2 unspecified atom stereocenters. The second-order valence-corrected chi connectivity index (χ2v) is 6.70. The fraction of sp³-hybridized carbons (Fsp3) is 0.467. The molecule has 2 rings (SSSR count). The van der Waals surface area contributed by atoms with E-state index in [2.05, 4.69) is 24.0 Å². The number of aromatic nitrogens is 2. The summed E-state index contributed by atoms with van der Waals surface area (Å²) in [6.45, 7) is 6.32. The number of nitrogens with two attached hydrogens (primary N) is 1. The lowest BCUT2D eigenvalue weighted by atomic mass is 9.95. The SMILES string of the molecule is CC(C)SCc1noc(C(C)C(N)c2ccccc2)n1. The highest BCUT2D eigenvalue weighted by Gasteiger charge is 2.22. The monoisotopic (exact) mass is 291 g/mol. The van der Waals surface area contributed by atoms with E-state index < -0.39 is 0 Å². The van der Waals surface area contributed by atoms with Gasteiger partial charge in [-0.3, -0.25) is 0 Å². The van der Waals surface area contributed by atoms with Crippen LogP contribution in [0, 0.1) is 0 Å². The molecule has 2 aromatic rings. The van der Waals surface area contributed by atoms with Crippen LogP contribution in [0.5, 0.6) is 0 Å². The summed E-state index contributed by atoms with van der Waals surface area (Å²) in [5.41, 5.74) is 7.35. The van der Waals surface area contributed by atoms with Gasteiger partial charge in [-0.05, 0) is 10.8 Å². The van der Waals surface area contributed by atoms with Crippen LogP contribution in [-0.4, -0.2) is 15.4 Å². The molecule has 0 amide bonds. The second-order valence-electron chi connectivity index (χ2n) is 5.13. The summed E-state index contributed by atoms with van der Waals surface area (Å²) >= 11 is 1.80. The Morgan fingerprint density at radius 1 is 1.20 bits per heavy atom. The third-order valence-electron chi connectivity index (χ3n) is 3.14. The van der Waals surface area contributed by atoms with E-state index in [9.17, 15) is 0 Å². The molecule has 0 bridgehead atoms. The molecule has 4 nitrogen and oxygen atoms in total. The zero-order valence-electron chi connectivity index (χ0n) is 12.1. The van der Waals surface area contributed by atoms with Crippen molar-refractivity contribution in [1.82, 2.24) is 10.1 Å². The zero-order chi connectivity index (χ0) is 14.5. The van der Waals surface area contributed by atoms with Crippen molar-refractivity contribution in [1.29, 1.82) is 0 Å². The van der Waals surface area contributed by atoms with Crippen LogP contribution >= 0.6 is 11.8 Å². The summed E-state index contributed by atoms with van der Waals surface area (Å²) in [5, 5.41) is 4.58. The minimum atomic E-state index is -0.137. The third kappa shape index (κ3) is 3.84. The highest BCUT2D eigenvalue weighted by molar-refractivity contribution is 7.99. The van der Waals surface area contributed by atoms with Gasteiger partial charge in [0.2, 0.25) is 5.89 Å². The molecular weight excluding hydrogens is 270 g/mol. The quantitative estimate of drug-likeness (QED) is 0.882. The molecule has 1 aromatic carbocycles. The summed E-state index contributed by atoms with van der Waals surface area (Å²) in [6, 6.07) is 9.86.